The molecule has 5 nitrogen and oxygen atoms in total. The predicted molar refractivity (Wildman–Crippen MR) is 97.3 cm³/mol. The molecule has 5 heteroatoms. The standard InChI is InChI=1S/C19H24N4O/c1-2-14-6-8-16(9-7-14)23-19(20)22-13-15-10-11-21-18(12-15)24-17-4-3-5-17/h6-12,17H,2-5,13H2,1H3,(H3,20,22,23). The minimum Gasteiger partial charge on any atom is -0.474 e. The number of aromatic nitrogens is 1. The van der Waals surface area contributed by atoms with Gasteiger partial charge in [-0.25, -0.2) is 9.98 Å². The summed E-state index contributed by atoms with van der Waals surface area (Å²) in [6, 6.07) is 12.1. The molecule has 2 aromatic rings. The number of nitrogens with one attached hydrogen (secondary N) is 1. The molecule has 0 bridgehead atoms. The molecular weight excluding hydrogens is 300 g/mol. The number of aryl methyl sites for hydroxylation is 1. The zero-order valence-electron chi connectivity index (χ0n) is 14.0. The number of nitrogens with zero attached hydrogens (tertiary/aromatic N) is 2. The van der Waals surface area contributed by atoms with Crippen LogP contribution >= 0.6 is 0 Å². The predicted octanol–water partition coefficient (Wildman–Crippen LogP) is 3.50. The van der Waals surface area contributed by atoms with Crippen molar-refractivity contribution in [3.8, 4) is 5.88 Å². The largest absolute Gasteiger partial charge is 0.474 e. The Morgan fingerprint density at radius 1 is 1.25 bits per heavy atom. The fourth-order valence-electron chi connectivity index (χ4n) is 2.46. The second kappa shape index (κ2) is 7.81. The summed E-state index contributed by atoms with van der Waals surface area (Å²) in [6.07, 6.45) is 6.60. The summed E-state index contributed by atoms with van der Waals surface area (Å²) < 4.78 is 5.81. The molecule has 0 unspecified atom stereocenters. The molecule has 1 aromatic heterocycles. The molecule has 24 heavy (non-hydrogen) atoms. The Morgan fingerprint density at radius 2 is 2.04 bits per heavy atom. The van der Waals surface area contributed by atoms with Crippen LogP contribution in [-0.2, 0) is 13.0 Å². The average molecular weight is 324 g/mol. The molecular formula is C19H24N4O. The minimum absolute atomic E-state index is 0.328. The molecule has 1 saturated carbocycles. The average Bonchev–Trinajstić information content (AvgIpc) is 2.57. The normalized spacial score (nSPS) is 15.0. The van der Waals surface area contributed by atoms with Gasteiger partial charge in [0.25, 0.3) is 0 Å². The Hall–Kier alpha value is -2.56. The van der Waals surface area contributed by atoms with Gasteiger partial charge in [-0.05, 0) is 55.0 Å². The van der Waals surface area contributed by atoms with Gasteiger partial charge in [0.15, 0.2) is 5.96 Å². The first-order chi connectivity index (χ1) is 11.7. The highest BCUT2D eigenvalue weighted by molar-refractivity contribution is 5.92. The van der Waals surface area contributed by atoms with Gasteiger partial charge in [-0.15, -0.1) is 0 Å². The van der Waals surface area contributed by atoms with Gasteiger partial charge in [0, 0.05) is 18.0 Å². The summed E-state index contributed by atoms with van der Waals surface area (Å²) in [6.45, 7) is 2.63. The Morgan fingerprint density at radius 3 is 2.71 bits per heavy atom. The van der Waals surface area contributed by atoms with E-state index in [-0.39, 0.29) is 0 Å². The number of hydrogen-bond donors (Lipinski definition) is 2. The van der Waals surface area contributed by atoms with E-state index in [2.05, 4.69) is 34.3 Å². The van der Waals surface area contributed by atoms with E-state index in [1.165, 1.54) is 12.0 Å². The molecule has 1 aliphatic carbocycles. The van der Waals surface area contributed by atoms with Gasteiger partial charge in [-0.3, -0.25) is 0 Å². The third kappa shape index (κ3) is 4.47. The van der Waals surface area contributed by atoms with E-state index in [9.17, 15) is 0 Å². The highest BCUT2D eigenvalue weighted by Gasteiger charge is 2.19. The highest BCUT2D eigenvalue weighted by atomic mass is 16.5. The van der Waals surface area contributed by atoms with E-state index in [1.54, 1.807) is 6.20 Å². The molecule has 1 heterocycles. The van der Waals surface area contributed by atoms with Gasteiger partial charge < -0.3 is 15.8 Å². The summed E-state index contributed by atoms with van der Waals surface area (Å²) >= 11 is 0. The van der Waals surface area contributed by atoms with Gasteiger partial charge in [-0.1, -0.05) is 19.1 Å². The summed E-state index contributed by atoms with van der Waals surface area (Å²) in [5.74, 6) is 1.08. The van der Waals surface area contributed by atoms with Crippen LogP contribution < -0.4 is 15.8 Å². The SMILES string of the molecule is CCc1ccc(NC(N)=NCc2ccnc(OC3CCC3)c2)cc1. The number of anilines is 1. The quantitative estimate of drug-likeness (QED) is 0.630. The van der Waals surface area contributed by atoms with Crippen LogP contribution in [0.2, 0.25) is 0 Å². The second-order valence-electron chi connectivity index (χ2n) is 6.05. The second-order valence-corrected chi connectivity index (χ2v) is 6.05. The lowest BCUT2D eigenvalue weighted by molar-refractivity contribution is 0.114. The van der Waals surface area contributed by atoms with Gasteiger partial charge in [0.05, 0.1) is 6.54 Å². The van der Waals surface area contributed by atoms with E-state index >= 15 is 0 Å². The summed E-state index contributed by atoms with van der Waals surface area (Å²) in [5.41, 5.74) is 9.24. The van der Waals surface area contributed by atoms with Gasteiger partial charge in [0.2, 0.25) is 5.88 Å². The number of ether oxygens (including phenoxy) is 1. The maximum absolute atomic E-state index is 5.97. The van der Waals surface area contributed by atoms with Gasteiger partial charge in [-0.2, -0.15) is 0 Å². The van der Waals surface area contributed by atoms with Crippen molar-refractivity contribution in [2.24, 2.45) is 10.7 Å². The third-order valence-electron chi connectivity index (χ3n) is 4.21. The van der Waals surface area contributed by atoms with E-state index in [1.807, 2.05) is 24.3 Å². The molecule has 0 aliphatic heterocycles. The fourth-order valence-corrected chi connectivity index (χ4v) is 2.46. The maximum Gasteiger partial charge on any atom is 0.213 e. The first-order valence-electron chi connectivity index (χ1n) is 8.50. The molecule has 1 aliphatic rings. The number of benzene rings is 1. The zero-order valence-corrected chi connectivity index (χ0v) is 14.0. The van der Waals surface area contributed by atoms with Gasteiger partial charge >= 0.3 is 0 Å². The fraction of sp³-hybridized carbons (Fsp3) is 0.368. The maximum atomic E-state index is 5.97. The van der Waals surface area contributed by atoms with Crippen molar-refractivity contribution in [3.63, 3.8) is 0 Å². The number of rotatable bonds is 6. The lowest BCUT2D eigenvalue weighted by Crippen LogP contribution is -2.25. The Bertz CT molecular complexity index is 693. The highest BCUT2D eigenvalue weighted by Crippen LogP contribution is 2.24. The summed E-state index contributed by atoms with van der Waals surface area (Å²) in [4.78, 5) is 8.64. The number of guanidine groups is 1. The molecule has 1 fully saturated rings. The first kappa shape index (κ1) is 16.3. The van der Waals surface area contributed by atoms with Crippen molar-refractivity contribution < 1.29 is 4.74 Å². The molecule has 0 spiro atoms. The smallest absolute Gasteiger partial charge is 0.213 e. The van der Waals surface area contributed by atoms with Gasteiger partial charge in [0.1, 0.15) is 6.10 Å². The van der Waals surface area contributed by atoms with Crippen LogP contribution in [0.1, 0.15) is 37.3 Å². The number of hydrogen-bond acceptors (Lipinski definition) is 3. The Labute approximate surface area is 143 Å². The summed E-state index contributed by atoms with van der Waals surface area (Å²) in [7, 11) is 0. The van der Waals surface area contributed by atoms with Crippen LogP contribution in [0.3, 0.4) is 0 Å². The Balaban J connectivity index is 1.56. The van der Waals surface area contributed by atoms with E-state index in [0.717, 1.165) is 30.5 Å². The molecule has 0 radical (unpaired) electrons. The van der Waals surface area contributed by atoms with Crippen LogP contribution in [-0.4, -0.2) is 17.0 Å². The van der Waals surface area contributed by atoms with Crippen molar-refractivity contribution >= 4 is 11.6 Å². The van der Waals surface area contributed by atoms with E-state index in [0.29, 0.717) is 24.5 Å². The first-order valence-corrected chi connectivity index (χ1v) is 8.50. The van der Waals surface area contributed by atoms with Crippen LogP contribution in [0.4, 0.5) is 5.69 Å². The molecule has 126 valence electrons. The van der Waals surface area contributed by atoms with Crippen LogP contribution in [0.15, 0.2) is 47.6 Å². The molecule has 0 atom stereocenters. The van der Waals surface area contributed by atoms with E-state index in [4.69, 9.17) is 10.5 Å². The molecule has 0 saturated heterocycles. The van der Waals surface area contributed by atoms with Crippen molar-refractivity contribution in [2.45, 2.75) is 45.3 Å². The van der Waals surface area contributed by atoms with Crippen LogP contribution in [0.5, 0.6) is 5.88 Å². The monoisotopic (exact) mass is 324 g/mol. The lowest BCUT2D eigenvalue weighted by Gasteiger charge is -2.25. The Kier molecular flexibility index (Phi) is 5.31. The lowest BCUT2D eigenvalue weighted by atomic mass is 9.96. The number of pyridine rings is 1. The topological polar surface area (TPSA) is 72.5 Å². The van der Waals surface area contributed by atoms with Crippen molar-refractivity contribution in [2.75, 3.05) is 5.32 Å². The molecule has 3 N–H and O–H groups in total. The van der Waals surface area contributed by atoms with Crippen LogP contribution in [0, 0.1) is 0 Å². The number of nitrogens with two attached hydrogens (primary N) is 1. The van der Waals surface area contributed by atoms with E-state index < -0.39 is 0 Å². The molecule has 0 amide bonds. The van der Waals surface area contributed by atoms with Crippen molar-refractivity contribution in [1.29, 1.82) is 0 Å². The molecule has 1 aromatic carbocycles. The molecule has 3 rings (SSSR count). The minimum atomic E-state index is 0.328. The van der Waals surface area contributed by atoms with Crippen molar-refractivity contribution in [1.82, 2.24) is 4.98 Å². The van der Waals surface area contributed by atoms with Crippen LogP contribution in [0.25, 0.3) is 0 Å². The third-order valence-corrected chi connectivity index (χ3v) is 4.21. The number of aliphatic imine (C=N–C) groups is 1. The van der Waals surface area contributed by atoms with Crippen molar-refractivity contribution in [3.05, 3.63) is 53.7 Å². The zero-order chi connectivity index (χ0) is 16.8. The summed E-state index contributed by atoms with van der Waals surface area (Å²) in [5, 5.41) is 3.11.